The molecule has 86 valence electrons. The SMILES string of the molecule is COc1ccc2c(c1)CCc1sccc1C2=O. The predicted molar refractivity (Wildman–Crippen MR) is 68.2 cm³/mol. The number of hydrogen-bond acceptors (Lipinski definition) is 3. The van der Waals surface area contributed by atoms with E-state index in [0.717, 1.165) is 35.3 Å². The Bertz CT molecular complexity index is 584. The van der Waals surface area contributed by atoms with Gasteiger partial charge in [0, 0.05) is 16.0 Å². The maximum absolute atomic E-state index is 12.4. The van der Waals surface area contributed by atoms with E-state index in [1.165, 1.54) is 4.88 Å². The lowest BCUT2D eigenvalue weighted by atomic mass is 10.0. The summed E-state index contributed by atoms with van der Waals surface area (Å²) in [6.07, 6.45) is 1.85. The Labute approximate surface area is 104 Å². The van der Waals surface area contributed by atoms with E-state index in [2.05, 4.69) is 0 Å². The molecule has 2 aromatic rings. The van der Waals surface area contributed by atoms with Crippen LogP contribution >= 0.6 is 11.3 Å². The fraction of sp³-hybridized carbons (Fsp3) is 0.214. The van der Waals surface area contributed by atoms with Crippen molar-refractivity contribution >= 4 is 17.1 Å². The fourth-order valence-corrected chi connectivity index (χ4v) is 3.13. The molecule has 0 amide bonds. The van der Waals surface area contributed by atoms with Crippen molar-refractivity contribution in [3.63, 3.8) is 0 Å². The number of ketones is 1. The van der Waals surface area contributed by atoms with Crippen LogP contribution in [-0.2, 0) is 12.8 Å². The summed E-state index contributed by atoms with van der Waals surface area (Å²) in [5.74, 6) is 0.971. The standard InChI is InChI=1S/C14H12O2S/c1-16-10-3-4-11-9(8-10)2-5-13-12(14(11)15)6-7-17-13/h3-4,6-8H,2,5H2,1H3. The summed E-state index contributed by atoms with van der Waals surface area (Å²) in [5, 5.41) is 2.00. The second kappa shape index (κ2) is 4.00. The first-order valence-electron chi connectivity index (χ1n) is 5.57. The number of methoxy groups -OCH3 is 1. The average molecular weight is 244 g/mol. The van der Waals surface area contributed by atoms with E-state index < -0.39 is 0 Å². The second-order valence-corrected chi connectivity index (χ2v) is 5.11. The zero-order valence-electron chi connectivity index (χ0n) is 9.53. The van der Waals surface area contributed by atoms with Gasteiger partial charge in [-0.2, -0.15) is 0 Å². The summed E-state index contributed by atoms with van der Waals surface area (Å²) in [5.41, 5.74) is 2.79. The minimum atomic E-state index is 0.149. The summed E-state index contributed by atoms with van der Waals surface area (Å²) in [4.78, 5) is 13.6. The largest absolute Gasteiger partial charge is 0.497 e. The molecule has 3 heteroatoms. The highest BCUT2D eigenvalue weighted by Gasteiger charge is 2.22. The number of carbonyl (C=O) groups excluding carboxylic acids is 1. The molecule has 1 aromatic carbocycles. The molecule has 0 aliphatic heterocycles. The van der Waals surface area contributed by atoms with E-state index in [-0.39, 0.29) is 5.78 Å². The van der Waals surface area contributed by atoms with Gasteiger partial charge < -0.3 is 4.74 Å². The number of ether oxygens (including phenoxy) is 1. The predicted octanol–water partition coefficient (Wildman–Crippen LogP) is 3.09. The molecule has 1 aliphatic rings. The van der Waals surface area contributed by atoms with Crippen LogP contribution < -0.4 is 4.74 Å². The third-order valence-electron chi connectivity index (χ3n) is 3.17. The molecule has 0 spiro atoms. The highest BCUT2D eigenvalue weighted by Crippen LogP contribution is 2.29. The van der Waals surface area contributed by atoms with Crippen LogP contribution in [0.5, 0.6) is 5.75 Å². The van der Waals surface area contributed by atoms with Gasteiger partial charge in [0.15, 0.2) is 5.78 Å². The number of benzene rings is 1. The van der Waals surface area contributed by atoms with Gasteiger partial charge in [0.05, 0.1) is 7.11 Å². The smallest absolute Gasteiger partial charge is 0.194 e. The maximum Gasteiger partial charge on any atom is 0.194 e. The van der Waals surface area contributed by atoms with E-state index in [0.29, 0.717) is 0 Å². The summed E-state index contributed by atoms with van der Waals surface area (Å²) in [6, 6.07) is 7.64. The van der Waals surface area contributed by atoms with Crippen molar-refractivity contribution in [2.45, 2.75) is 12.8 Å². The van der Waals surface area contributed by atoms with Crippen LogP contribution in [0.1, 0.15) is 26.4 Å². The zero-order valence-corrected chi connectivity index (χ0v) is 10.3. The molecule has 0 fully saturated rings. The van der Waals surface area contributed by atoms with Crippen LogP contribution in [-0.4, -0.2) is 12.9 Å². The Balaban J connectivity index is 2.14. The first kappa shape index (κ1) is 10.5. The molecule has 0 saturated heterocycles. The maximum atomic E-state index is 12.4. The quantitative estimate of drug-likeness (QED) is 0.770. The molecule has 1 heterocycles. The molecule has 2 nitrogen and oxygen atoms in total. The molecular formula is C14H12O2S. The van der Waals surface area contributed by atoms with Crippen molar-refractivity contribution in [2.24, 2.45) is 0 Å². The van der Waals surface area contributed by atoms with E-state index in [9.17, 15) is 4.79 Å². The van der Waals surface area contributed by atoms with Crippen LogP contribution in [0.4, 0.5) is 0 Å². The van der Waals surface area contributed by atoms with Gasteiger partial charge in [-0.25, -0.2) is 0 Å². The normalized spacial score (nSPS) is 13.8. The zero-order chi connectivity index (χ0) is 11.8. The third-order valence-corrected chi connectivity index (χ3v) is 4.15. The lowest BCUT2D eigenvalue weighted by Crippen LogP contribution is -2.02. The minimum Gasteiger partial charge on any atom is -0.497 e. The molecule has 0 atom stereocenters. The van der Waals surface area contributed by atoms with E-state index in [1.54, 1.807) is 18.4 Å². The number of carbonyl (C=O) groups is 1. The molecule has 0 bridgehead atoms. The number of aryl methyl sites for hydroxylation is 2. The first-order valence-corrected chi connectivity index (χ1v) is 6.45. The monoisotopic (exact) mass is 244 g/mol. The van der Waals surface area contributed by atoms with Crippen molar-refractivity contribution in [3.05, 3.63) is 51.2 Å². The molecule has 0 unspecified atom stereocenters. The third kappa shape index (κ3) is 1.67. The molecule has 1 aliphatic carbocycles. The van der Waals surface area contributed by atoms with Crippen LogP contribution in [0.2, 0.25) is 0 Å². The fourth-order valence-electron chi connectivity index (χ4n) is 2.26. The Morgan fingerprint density at radius 1 is 1.18 bits per heavy atom. The minimum absolute atomic E-state index is 0.149. The molecule has 0 radical (unpaired) electrons. The summed E-state index contributed by atoms with van der Waals surface area (Å²) in [7, 11) is 1.65. The number of rotatable bonds is 1. The Kier molecular flexibility index (Phi) is 2.48. The summed E-state index contributed by atoms with van der Waals surface area (Å²) >= 11 is 1.67. The summed E-state index contributed by atoms with van der Waals surface area (Å²) in [6.45, 7) is 0. The topological polar surface area (TPSA) is 26.3 Å². The van der Waals surface area contributed by atoms with Gasteiger partial charge >= 0.3 is 0 Å². The van der Waals surface area contributed by atoms with E-state index in [1.807, 2.05) is 29.6 Å². The molecule has 0 N–H and O–H groups in total. The van der Waals surface area contributed by atoms with Crippen LogP contribution in [0.25, 0.3) is 0 Å². The van der Waals surface area contributed by atoms with Crippen molar-refractivity contribution in [2.75, 3.05) is 7.11 Å². The van der Waals surface area contributed by atoms with Crippen molar-refractivity contribution in [1.29, 1.82) is 0 Å². The highest BCUT2D eigenvalue weighted by atomic mass is 32.1. The molecule has 1 aromatic heterocycles. The Hall–Kier alpha value is -1.61. The lowest BCUT2D eigenvalue weighted by Gasteiger charge is -2.07. The molecule has 0 saturated carbocycles. The van der Waals surface area contributed by atoms with Crippen molar-refractivity contribution in [1.82, 2.24) is 0 Å². The van der Waals surface area contributed by atoms with Crippen LogP contribution in [0.3, 0.4) is 0 Å². The van der Waals surface area contributed by atoms with Gasteiger partial charge in [-0.05, 0) is 48.1 Å². The van der Waals surface area contributed by atoms with Gasteiger partial charge in [-0.1, -0.05) is 0 Å². The number of thiophene rings is 1. The van der Waals surface area contributed by atoms with E-state index >= 15 is 0 Å². The average Bonchev–Trinajstić information content (AvgIpc) is 2.79. The summed E-state index contributed by atoms with van der Waals surface area (Å²) < 4.78 is 5.21. The van der Waals surface area contributed by atoms with Crippen LogP contribution in [0.15, 0.2) is 29.6 Å². The van der Waals surface area contributed by atoms with Crippen molar-refractivity contribution in [3.8, 4) is 5.75 Å². The first-order chi connectivity index (χ1) is 8.29. The van der Waals surface area contributed by atoms with Gasteiger partial charge in [0.2, 0.25) is 0 Å². The lowest BCUT2D eigenvalue weighted by molar-refractivity contribution is 0.103. The Morgan fingerprint density at radius 3 is 2.88 bits per heavy atom. The molecule has 3 rings (SSSR count). The molecular weight excluding hydrogens is 232 g/mol. The number of fused-ring (bicyclic) bond motifs is 2. The van der Waals surface area contributed by atoms with Gasteiger partial charge in [0.25, 0.3) is 0 Å². The van der Waals surface area contributed by atoms with Gasteiger partial charge in [-0.3, -0.25) is 4.79 Å². The van der Waals surface area contributed by atoms with Gasteiger partial charge in [0.1, 0.15) is 5.75 Å². The highest BCUT2D eigenvalue weighted by molar-refractivity contribution is 7.10. The second-order valence-electron chi connectivity index (χ2n) is 4.11. The van der Waals surface area contributed by atoms with Crippen LogP contribution in [0, 0.1) is 0 Å². The van der Waals surface area contributed by atoms with Gasteiger partial charge in [-0.15, -0.1) is 11.3 Å². The van der Waals surface area contributed by atoms with Crippen molar-refractivity contribution < 1.29 is 9.53 Å². The Morgan fingerprint density at radius 2 is 2.06 bits per heavy atom. The number of hydrogen-bond donors (Lipinski definition) is 0. The van der Waals surface area contributed by atoms with E-state index in [4.69, 9.17) is 4.74 Å². The molecule has 17 heavy (non-hydrogen) atoms.